The molecule has 0 radical (unpaired) electrons. The maximum absolute atomic E-state index is 13.8. The van der Waals surface area contributed by atoms with Crippen molar-refractivity contribution in [3.05, 3.63) is 59.5 Å². The van der Waals surface area contributed by atoms with E-state index in [0.717, 1.165) is 35.7 Å². The molecule has 1 atom stereocenters. The van der Waals surface area contributed by atoms with E-state index >= 15 is 0 Å². The van der Waals surface area contributed by atoms with E-state index < -0.39 is 11.6 Å². The van der Waals surface area contributed by atoms with Gasteiger partial charge in [-0.15, -0.1) is 21.5 Å². The zero-order valence-electron chi connectivity index (χ0n) is 14.9. The highest BCUT2D eigenvalue weighted by Gasteiger charge is 2.27. The van der Waals surface area contributed by atoms with Gasteiger partial charge in [-0.2, -0.15) is 0 Å². The van der Waals surface area contributed by atoms with E-state index in [1.807, 2.05) is 34.5 Å². The van der Waals surface area contributed by atoms with Crippen LogP contribution in [-0.4, -0.2) is 29.2 Å². The zero-order valence-corrected chi connectivity index (χ0v) is 15.8. The van der Waals surface area contributed by atoms with Crippen LogP contribution in [0.5, 0.6) is 0 Å². The maximum Gasteiger partial charge on any atom is 0.229 e. The fourth-order valence-electron chi connectivity index (χ4n) is 3.27. The number of rotatable bonds is 4. The first-order valence-electron chi connectivity index (χ1n) is 8.98. The van der Waals surface area contributed by atoms with Crippen LogP contribution in [0.2, 0.25) is 0 Å². The minimum absolute atomic E-state index is 0.0105. The summed E-state index contributed by atoms with van der Waals surface area (Å²) in [6.45, 7) is 1.25. The molecule has 1 amide bonds. The quantitative estimate of drug-likeness (QED) is 0.708. The molecule has 2 aromatic heterocycles. The summed E-state index contributed by atoms with van der Waals surface area (Å²) in [5, 5.41) is 13.1. The van der Waals surface area contributed by atoms with Crippen LogP contribution in [0.1, 0.15) is 12.8 Å². The fraction of sp³-hybridized carbons (Fsp3) is 0.250. The molecule has 3 heterocycles. The zero-order chi connectivity index (χ0) is 19.5. The minimum Gasteiger partial charge on any atom is -0.354 e. The van der Waals surface area contributed by atoms with Crippen LogP contribution in [0, 0.1) is 17.6 Å². The largest absolute Gasteiger partial charge is 0.354 e. The number of amides is 1. The second-order valence-corrected chi connectivity index (χ2v) is 7.60. The standard InChI is InChI=1S/C20H18F2N4OS/c21-14-5-6-16(15(22)11-14)23-20(27)13-3-1-9-26(12-13)19-8-7-17(24-25-19)18-4-2-10-28-18/h2,4-8,10-11,13H,1,3,9,12H2,(H,23,27). The second kappa shape index (κ2) is 8.02. The van der Waals surface area contributed by atoms with Crippen LogP contribution < -0.4 is 10.2 Å². The molecule has 1 fully saturated rings. The highest BCUT2D eigenvalue weighted by atomic mass is 32.1. The van der Waals surface area contributed by atoms with E-state index in [1.165, 1.54) is 6.07 Å². The first-order chi connectivity index (χ1) is 13.6. The Kier molecular flexibility index (Phi) is 5.29. The van der Waals surface area contributed by atoms with Crippen molar-refractivity contribution in [2.75, 3.05) is 23.3 Å². The number of anilines is 2. The highest BCUT2D eigenvalue weighted by Crippen LogP contribution is 2.26. The molecule has 0 spiro atoms. The molecule has 1 aliphatic rings. The van der Waals surface area contributed by atoms with Gasteiger partial charge in [0.1, 0.15) is 17.3 Å². The van der Waals surface area contributed by atoms with E-state index in [-0.39, 0.29) is 17.5 Å². The number of aromatic nitrogens is 2. The Morgan fingerprint density at radius 1 is 1.18 bits per heavy atom. The summed E-state index contributed by atoms with van der Waals surface area (Å²) in [6, 6.07) is 10.9. The van der Waals surface area contributed by atoms with Crippen molar-refractivity contribution in [3.8, 4) is 10.6 Å². The Bertz CT molecular complexity index is 963. The minimum atomic E-state index is -0.781. The van der Waals surface area contributed by atoms with Crippen LogP contribution in [0.4, 0.5) is 20.3 Å². The van der Waals surface area contributed by atoms with Gasteiger partial charge in [0, 0.05) is 19.2 Å². The van der Waals surface area contributed by atoms with Crippen molar-refractivity contribution < 1.29 is 13.6 Å². The predicted octanol–water partition coefficient (Wildman–Crippen LogP) is 4.34. The predicted molar refractivity (Wildman–Crippen MR) is 105 cm³/mol. The lowest BCUT2D eigenvalue weighted by Crippen LogP contribution is -2.41. The molecular formula is C20H18F2N4OS. The van der Waals surface area contributed by atoms with Gasteiger partial charge in [0.25, 0.3) is 0 Å². The lowest BCUT2D eigenvalue weighted by Gasteiger charge is -2.32. The SMILES string of the molecule is O=C(Nc1ccc(F)cc1F)C1CCCN(c2ccc(-c3cccs3)nn2)C1. The molecule has 1 aromatic carbocycles. The summed E-state index contributed by atoms with van der Waals surface area (Å²) in [5.41, 5.74) is 0.806. The molecule has 1 unspecified atom stereocenters. The lowest BCUT2D eigenvalue weighted by molar-refractivity contribution is -0.120. The molecule has 0 saturated carbocycles. The number of carbonyl (C=O) groups excluding carboxylic acids is 1. The van der Waals surface area contributed by atoms with Gasteiger partial charge < -0.3 is 10.2 Å². The molecule has 0 aliphatic carbocycles. The molecule has 1 N–H and O–H groups in total. The molecule has 1 saturated heterocycles. The smallest absolute Gasteiger partial charge is 0.229 e. The average Bonchev–Trinajstić information content (AvgIpc) is 3.25. The average molecular weight is 400 g/mol. The number of nitrogens with zero attached hydrogens (tertiary/aromatic N) is 3. The Hall–Kier alpha value is -2.87. The number of carbonyl (C=O) groups is 1. The van der Waals surface area contributed by atoms with Crippen molar-refractivity contribution >= 4 is 28.7 Å². The van der Waals surface area contributed by atoms with Crippen molar-refractivity contribution in [2.45, 2.75) is 12.8 Å². The molecule has 3 aromatic rings. The monoisotopic (exact) mass is 400 g/mol. The molecule has 144 valence electrons. The van der Waals surface area contributed by atoms with Gasteiger partial charge in [0.05, 0.1) is 16.5 Å². The van der Waals surface area contributed by atoms with E-state index in [2.05, 4.69) is 15.5 Å². The molecule has 0 bridgehead atoms. The van der Waals surface area contributed by atoms with Gasteiger partial charge in [-0.25, -0.2) is 8.78 Å². The number of piperidine rings is 1. The van der Waals surface area contributed by atoms with Crippen LogP contribution in [0.15, 0.2) is 47.8 Å². The van der Waals surface area contributed by atoms with Crippen LogP contribution in [0.3, 0.4) is 0 Å². The van der Waals surface area contributed by atoms with E-state index in [4.69, 9.17) is 0 Å². The second-order valence-electron chi connectivity index (χ2n) is 6.65. The third-order valence-corrected chi connectivity index (χ3v) is 5.62. The molecule has 8 heteroatoms. The van der Waals surface area contributed by atoms with Crippen molar-refractivity contribution in [1.82, 2.24) is 10.2 Å². The summed E-state index contributed by atoms with van der Waals surface area (Å²) in [5.74, 6) is -1.33. The number of nitrogens with one attached hydrogen (secondary N) is 1. The van der Waals surface area contributed by atoms with Crippen LogP contribution in [0.25, 0.3) is 10.6 Å². The molecular weight excluding hydrogens is 382 g/mol. The van der Waals surface area contributed by atoms with Gasteiger partial charge >= 0.3 is 0 Å². The number of benzene rings is 1. The first-order valence-corrected chi connectivity index (χ1v) is 9.86. The van der Waals surface area contributed by atoms with Crippen LogP contribution >= 0.6 is 11.3 Å². The van der Waals surface area contributed by atoms with E-state index in [9.17, 15) is 13.6 Å². The number of hydrogen-bond donors (Lipinski definition) is 1. The number of thiophene rings is 1. The van der Waals surface area contributed by atoms with E-state index in [0.29, 0.717) is 18.8 Å². The van der Waals surface area contributed by atoms with Gasteiger partial charge in [-0.05, 0) is 48.6 Å². The van der Waals surface area contributed by atoms with Crippen molar-refractivity contribution in [1.29, 1.82) is 0 Å². The maximum atomic E-state index is 13.8. The third kappa shape index (κ3) is 4.01. The molecule has 4 rings (SSSR count). The Labute approximate surface area is 165 Å². The Balaban J connectivity index is 1.43. The number of halogens is 2. The molecule has 28 heavy (non-hydrogen) atoms. The summed E-state index contributed by atoms with van der Waals surface area (Å²) >= 11 is 1.60. The van der Waals surface area contributed by atoms with E-state index in [1.54, 1.807) is 11.3 Å². The molecule has 5 nitrogen and oxygen atoms in total. The topological polar surface area (TPSA) is 58.1 Å². The summed E-state index contributed by atoms with van der Waals surface area (Å²) in [7, 11) is 0. The van der Waals surface area contributed by atoms with Crippen molar-refractivity contribution in [3.63, 3.8) is 0 Å². The Morgan fingerprint density at radius 2 is 2.07 bits per heavy atom. The van der Waals surface area contributed by atoms with Gasteiger partial charge in [0.2, 0.25) is 5.91 Å². The molecule has 1 aliphatic heterocycles. The summed E-state index contributed by atoms with van der Waals surface area (Å²) in [6.07, 6.45) is 1.52. The van der Waals surface area contributed by atoms with Gasteiger partial charge in [-0.3, -0.25) is 4.79 Å². The summed E-state index contributed by atoms with van der Waals surface area (Å²) in [4.78, 5) is 15.6. The van der Waals surface area contributed by atoms with Gasteiger partial charge in [0.15, 0.2) is 5.82 Å². The Morgan fingerprint density at radius 3 is 2.79 bits per heavy atom. The van der Waals surface area contributed by atoms with Crippen LogP contribution in [-0.2, 0) is 4.79 Å². The van der Waals surface area contributed by atoms with Gasteiger partial charge in [-0.1, -0.05) is 6.07 Å². The summed E-state index contributed by atoms with van der Waals surface area (Å²) < 4.78 is 26.8. The third-order valence-electron chi connectivity index (χ3n) is 4.73. The fourth-order valence-corrected chi connectivity index (χ4v) is 3.96. The number of hydrogen-bond acceptors (Lipinski definition) is 5. The first kappa shape index (κ1) is 18.5. The lowest BCUT2D eigenvalue weighted by atomic mass is 9.97. The normalized spacial score (nSPS) is 16.8. The highest BCUT2D eigenvalue weighted by molar-refractivity contribution is 7.13. The van der Waals surface area contributed by atoms with Crippen molar-refractivity contribution in [2.24, 2.45) is 5.92 Å².